The first kappa shape index (κ1) is 24.0. The van der Waals surface area contributed by atoms with Gasteiger partial charge in [-0.1, -0.05) is 92.2 Å². The van der Waals surface area contributed by atoms with Crippen molar-refractivity contribution in [2.24, 2.45) is 4.99 Å². The molecular weight excluding hydrogens is 602 g/mol. The van der Waals surface area contributed by atoms with Crippen LogP contribution in [-0.4, -0.2) is 60.8 Å². The van der Waals surface area contributed by atoms with Crippen LogP contribution in [0.3, 0.4) is 0 Å². The number of amides is 1. The van der Waals surface area contributed by atoms with Gasteiger partial charge < -0.3 is 19.5 Å². The highest BCUT2D eigenvalue weighted by molar-refractivity contribution is 14.1. The van der Waals surface area contributed by atoms with Crippen molar-refractivity contribution in [1.29, 1.82) is 5.41 Å². The lowest BCUT2D eigenvalue weighted by Crippen LogP contribution is -2.37. The van der Waals surface area contributed by atoms with Gasteiger partial charge in [-0.2, -0.15) is 0 Å². The van der Waals surface area contributed by atoms with Crippen LogP contribution < -0.4 is 5.32 Å². The van der Waals surface area contributed by atoms with E-state index in [1.165, 1.54) is 0 Å². The van der Waals surface area contributed by atoms with Gasteiger partial charge in [-0.15, -0.1) is 0 Å². The van der Waals surface area contributed by atoms with Crippen LogP contribution in [0.2, 0.25) is 0 Å². The molecule has 154 valence electrons. The van der Waals surface area contributed by atoms with Crippen LogP contribution in [0.15, 0.2) is 4.99 Å². The Balaban J connectivity index is 1.98. The lowest BCUT2D eigenvalue weighted by Gasteiger charge is -2.24. The van der Waals surface area contributed by atoms with E-state index >= 15 is 0 Å². The lowest BCUT2D eigenvalue weighted by molar-refractivity contribution is 0.144. The molecule has 1 saturated heterocycles. The predicted molar refractivity (Wildman–Crippen MR) is 116 cm³/mol. The minimum Gasteiger partial charge on any atom is -0.478 e. The third-order valence-electron chi connectivity index (χ3n) is 3.68. The summed E-state index contributed by atoms with van der Waals surface area (Å²) in [5.41, 5.74) is 0. The van der Waals surface area contributed by atoms with Gasteiger partial charge in [0.15, 0.2) is 0 Å². The number of nitrogens with zero attached hydrogens (tertiary/aromatic N) is 1. The summed E-state index contributed by atoms with van der Waals surface area (Å²) in [5, 5.41) is 10.3. The average Bonchev–Trinajstić information content (AvgIpc) is 3.12. The Morgan fingerprint density at radius 2 is 2.04 bits per heavy atom. The van der Waals surface area contributed by atoms with Crippen molar-refractivity contribution < 1.29 is 19.0 Å². The molecule has 2 aliphatic rings. The van der Waals surface area contributed by atoms with Crippen LogP contribution in [0.25, 0.3) is 0 Å². The van der Waals surface area contributed by atoms with E-state index in [-0.39, 0.29) is 35.1 Å². The van der Waals surface area contributed by atoms with E-state index < -0.39 is 25.7 Å². The summed E-state index contributed by atoms with van der Waals surface area (Å²) in [7, 11) is 0. The zero-order valence-electron chi connectivity index (χ0n) is 13.4. The summed E-state index contributed by atoms with van der Waals surface area (Å²) in [6, 6.07) is -0.500. The molecule has 0 saturated carbocycles. The van der Waals surface area contributed by atoms with Crippen molar-refractivity contribution in [2.75, 3.05) is 13.2 Å². The van der Waals surface area contributed by atoms with Crippen LogP contribution >= 0.6 is 92.2 Å². The summed E-state index contributed by atoms with van der Waals surface area (Å²) in [6.45, 7) is 0.324. The average molecular weight is 616 g/mol. The normalized spacial score (nSPS) is 26.7. The highest BCUT2D eigenvalue weighted by Crippen LogP contribution is 2.37. The minimum absolute atomic E-state index is 0.0210. The van der Waals surface area contributed by atoms with E-state index in [0.717, 1.165) is 0 Å². The fraction of sp³-hybridized carbons (Fsp3) is 0.769. The summed E-state index contributed by atoms with van der Waals surface area (Å²) in [5.74, 6) is -0.520. The Hall–Kier alpha value is 0.680. The molecule has 0 spiro atoms. The molecule has 2 rings (SSSR count). The van der Waals surface area contributed by atoms with Gasteiger partial charge in [0.2, 0.25) is 11.8 Å². The quantitative estimate of drug-likeness (QED) is 0.198. The second kappa shape index (κ2) is 9.66. The Bertz CT molecular complexity index is 612. The van der Waals surface area contributed by atoms with Gasteiger partial charge in [-0.3, -0.25) is 5.41 Å². The fourth-order valence-electron chi connectivity index (χ4n) is 2.47. The van der Waals surface area contributed by atoms with E-state index in [1.807, 2.05) is 0 Å². The van der Waals surface area contributed by atoms with E-state index in [9.17, 15) is 4.79 Å². The maximum absolute atomic E-state index is 11.2. The largest absolute Gasteiger partial charge is 0.478 e. The second-order valence-electron chi connectivity index (χ2n) is 5.73. The summed E-state index contributed by atoms with van der Waals surface area (Å²) in [4.78, 5) is 15.6. The van der Waals surface area contributed by atoms with Gasteiger partial charge in [0.1, 0.15) is 18.8 Å². The standard InChI is InChI=1S/C13H14Cl6IN3O4/c14-12(15,16)9(21)25-2-1-7-8(23-10(27-7)13(17,18)19)6(20)3-5-4-26-11(24)22-5/h5-8,21H,1-4H2,(H,22,24)/t5-,6+,7-,8-/m0/s1. The number of hydrogen-bond donors (Lipinski definition) is 2. The molecule has 7 nitrogen and oxygen atoms in total. The maximum atomic E-state index is 11.2. The summed E-state index contributed by atoms with van der Waals surface area (Å²) >= 11 is 36.6. The van der Waals surface area contributed by atoms with Crippen molar-refractivity contribution in [2.45, 2.75) is 42.5 Å². The number of alkyl carbamates (subject to hydrolysis) is 1. The van der Waals surface area contributed by atoms with Crippen LogP contribution in [-0.2, 0) is 14.2 Å². The highest BCUT2D eigenvalue weighted by atomic mass is 127. The zero-order valence-corrected chi connectivity index (χ0v) is 20.1. The summed E-state index contributed by atoms with van der Waals surface area (Å²) < 4.78 is 11.9. The van der Waals surface area contributed by atoms with Gasteiger partial charge >= 0.3 is 6.09 Å². The van der Waals surface area contributed by atoms with E-state index in [0.29, 0.717) is 12.8 Å². The smallest absolute Gasteiger partial charge is 0.407 e. The number of carbonyl (C=O) groups excluding carboxylic acids is 1. The monoisotopic (exact) mass is 613 g/mol. The van der Waals surface area contributed by atoms with E-state index in [1.54, 1.807) is 0 Å². The van der Waals surface area contributed by atoms with Gasteiger partial charge in [0.05, 0.1) is 12.6 Å². The topological polar surface area (TPSA) is 93.0 Å². The molecule has 2 heterocycles. The van der Waals surface area contributed by atoms with Crippen LogP contribution in [0.5, 0.6) is 0 Å². The first-order chi connectivity index (χ1) is 12.4. The molecule has 2 aliphatic heterocycles. The number of aliphatic imine (C=N–C) groups is 1. The van der Waals surface area contributed by atoms with E-state index in [2.05, 4.69) is 32.9 Å². The molecule has 1 fully saturated rings. The number of carbonyl (C=O) groups is 1. The van der Waals surface area contributed by atoms with Crippen LogP contribution in [0, 0.1) is 5.41 Å². The number of ether oxygens (including phenoxy) is 3. The van der Waals surface area contributed by atoms with Gasteiger partial charge in [-0.25, -0.2) is 9.79 Å². The molecule has 1 amide bonds. The molecule has 0 aromatic rings. The number of nitrogens with one attached hydrogen (secondary N) is 2. The molecule has 0 aliphatic carbocycles. The third-order valence-corrected chi connectivity index (χ3v) is 5.92. The first-order valence-electron chi connectivity index (χ1n) is 7.55. The first-order valence-corrected chi connectivity index (χ1v) is 11.1. The van der Waals surface area contributed by atoms with Crippen molar-refractivity contribution in [3.05, 3.63) is 0 Å². The number of halogens is 7. The molecule has 2 N–H and O–H groups in total. The van der Waals surface area contributed by atoms with Crippen LogP contribution in [0.1, 0.15) is 12.8 Å². The predicted octanol–water partition coefficient (Wildman–Crippen LogP) is 4.58. The molecule has 0 bridgehead atoms. The molecule has 27 heavy (non-hydrogen) atoms. The number of cyclic esters (lactones) is 1. The zero-order chi connectivity index (χ0) is 20.4. The third kappa shape index (κ3) is 7.15. The Labute approximate surface area is 199 Å². The van der Waals surface area contributed by atoms with Crippen molar-refractivity contribution in [1.82, 2.24) is 5.32 Å². The summed E-state index contributed by atoms with van der Waals surface area (Å²) in [6.07, 6.45) is -0.0296. The van der Waals surface area contributed by atoms with Crippen molar-refractivity contribution in [3.8, 4) is 0 Å². The second-order valence-corrected chi connectivity index (χ2v) is 11.9. The van der Waals surface area contributed by atoms with Crippen molar-refractivity contribution >= 4 is 110 Å². The number of rotatable bonds is 6. The molecule has 14 heteroatoms. The fourth-order valence-corrected chi connectivity index (χ4v) is 4.15. The Morgan fingerprint density at radius 1 is 1.37 bits per heavy atom. The minimum atomic E-state index is -1.94. The maximum Gasteiger partial charge on any atom is 0.407 e. The van der Waals surface area contributed by atoms with Gasteiger partial charge in [0.25, 0.3) is 7.59 Å². The highest BCUT2D eigenvalue weighted by Gasteiger charge is 2.44. The van der Waals surface area contributed by atoms with Gasteiger partial charge in [0, 0.05) is 10.3 Å². The molecule has 0 unspecified atom stereocenters. The van der Waals surface area contributed by atoms with Crippen LogP contribution in [0.4, 0.5) is 4.79 Å². The Kier molecular flexibility index (Phi) is 8.57. The van der Waals surface area contributed by atoms with Gasteiger partial charge in [-0.05, 0) is 6.42 Å². The molecular formula is C13H14Cl6IN3O4. The molecule has 0 aromatic carbocycles. The Morgan fingerprint density at radius 3 is 2.56 bits per heavy atom. The molecule has 0 aromatic heterocycles. The van der Waals surface area contributed by atoms with E-state index in [4.69, 9.17) is 89.2 Å². The SMILES string of the molecule is N=C(OCC[C@@H]1OC(C(Cl)(Cl)Cl)=N[C@H]1[C@H](I)C[C@H]1COC(=O)N1)C(Cl)(Cl)Cl. The molecule has 0 radical (unpaired) electrons. The lowest BCUT2D eigenvalue weighted by atomic mass is 10.0. The number of alkyl halides is 7. The van der Waals surface area contributed by atoms with Crippen molar-refractivity contribution in [3.63, 3.8) is 0 Å². The number of hydrogen-bond acceptors (Lipinski definition) is 6. The molecule has 4 atom stereocenters.